The van der Waals surface area contributed by atoms with E-state index in [-0.39, 0.29) is 19.5 Å². The molecule has 0 spiro atoms. The average molecular weight is 339 g/mol. The maximum Gasteiger partial charge on any atom is 0.407 e. The molecule has 23 heavy (non-hydrogen) atoms. The van der Waals surface area contributed by atoms with Crippen LogP contribution in [0.5, 0.6) is 0 Å². The fraction of sp³-hybridized carbons (Fsp3) is 0.250. The topological polar surface area (TPSA) is 67.5 Å². The lowest BCUT2D eigenvalue weighted by Gasteiger charge is -2.19. The third kappa shape index (κ3) is 4.32. The van der Waals surface area contributed by atoms with Crippen LogP contribution in [0.15, 0.2) is 43.2 Å². The molecule has 1 N–H and O–H groups in total. The van der Waals surface area contributed by atoms with E-state index in [1.54, 1.807) is 18.2 Å². The van der Waals surface area contributed by atoms with E-state index in [1.807, 2.05) is 0 Å². The van der Waals surface area contributed by atoms with Gasteiger partial charge in [0.05, 0.1) is 6.54 Å². The van der Waals surface area contributed by atoms with Gasteiger partial charge in [0.15, 0.2) is 12.4 Å². The summed E-state index contributed by atoms with van der Waals surface area (Å²) in [5.41, 5.74) is 0.505. The van der Waals surface area contributed by atoms with E-state index in [2.05, 4.69) is 6.58 Å². The van der Waals surface area contributed by atoms with Gasteiger partial charge in [-0.15, -0.1) is 6.58 Å². The van der Waals surface area contributed by atoms with Crippen LogP contribution in [-0.2, 0) is 6.42 Å². The molecule has 1 aromatic carbocycles. The number of pyridine rings is 1. The number of carbonyl (C=O) groups is 1. The van der Waals surface area contributed by atoms with Gasteiger partial charge in [-0.3, -0.25) is 0 Å². The van der Waals surface area contributed by atoms with Crippen molar-refractivity contribution in [1.82, 2.24) is 4.90 Å². The Morgan fingerprint density at radius 2 is 2.26 bits per heavy atom. The van der Waals surface area contributed by atoms with Gasteiger partial charge in [-0.2, -0.15) is 4.73 Å². The van der Waals surface area contributed by atoms with Crippen molar-refractivity contribution in [3.8, 4) is 0 Å². The fourth-order valence-electron chi connectivity index (χ4n) is 2.42. The third-order valence-electron chi connectivity index (χ3n) is 3.39. The fourth-order valence-corrected chi connectivity index (χ4v) is 2.60. The number of halogens is 2. The summed E-state index contributed by atoms with van der Waals surface area (Å²) in [6.07, 6.45) is 1.33. The molecule has 0 fully saturated rings. The number of amides is 1. The first-order chi connectivity index (χ1) is 10.9. The molecule has 1 heterocycles. The summed E-state index contributed by atoms with van der Waals surface area (Å²) in [7, 11) is 0. The van der Waals surface area contributed by atoms with Crippen LogP contribution in [0.4, 0.5) is 9.18 Å². The Morgan fingerprint density at radius 3 is 2.91 bits per heavy atom. The summed E-state index contributed by atoms with van der Waals surface area (Å²) >= 11 is 5.90. The number of hydrogen-bond acceptors (Lipinski definition) is 2. The van der Waals surface area contributed by atoms with Crippen LogP contribution in [0.2, 0.25) is 5.02 Å². The van der Waals surface area contributed by atoms with Crippen molar-refractivity contribution in [3.05, 3.63) is 59.0 Å². The molecule has 0 aliphatic heterocycles. The van der Waals surface area contributed by atoms with Gasteiger partial charge in [-0.25, -0.2) is 9.18 Å². The molecule has 1 unspecified atom stereocenters. The van der Waals surface area contributed by atoms with Gasteiger partial charge in [0.2, 0.25) is 0 Å². The zero-order valence-electron chi connectivity index (χ0n) is 12.3. The van der Waals surface area contributed by atoms with Crippen molar-refractivity contribution in [1.29, 1.82) is 0 Å². The number of aromatic nitrogens is 1. The molecule has 0 bridgehead atoms. The van der Waals surface area contributed by atoms with Gasteiger partial charge in [-0.1, -0.05) is 23.7 Å². The quantitative estimate of drug-likeness (QED) is 0.499. The monoisotopic (exact) mass is 338 g/mol. The molecule has 0 saturated carbocycles. The number of hydrogen-bond donors (Lipinski definition) is 1. The van der Waals surface area contributed by atoms with Crippen molar-refractivity contribution < 1.29 is 19.0 Å². The van der Waals surface area contributed by atoms with Crippen molar-refractivity contribution >= 4 is 28.5 Å². The Morgan fingerprint density at radius 1 is 1.52 bits per heavy atom. The van der Waals surface area contributed by atoms with Crippen LogP contribution in [0.25, 0.3) is 10.8 Å². The number of alkyl halides is 1. The first-order valence-electron chi connectivity index (χ1n) is 6.94. The van der Waals surface area contributed by atoms with Crippen LogP contribution >= 0.6 is 11.6 Å². The minimum Gasteiger partial charge on any atom is -0.619 e. The molecule has 1 amide bonds. The Hall–Kier alpha value is -2.34. The molecule has 0 radical (unpaired) electrons. The van der Waals surface area contributed by atoms with E-state index in [4.69, 9.17) is 16.7 Å². The maximum absolute atomic E-state index is 14.3. The van der Waals surface area contributed by atoms with Gasteiger partial charge in [-0.05, 0) is 17.5 Å². The number of rotatable bonds is 6. The van der Waals surface area contributed by atoms with Crippen molar-refractivity contribution in [2.75, 3.05) is 13.1 Å². The van der Waals surface area contributed by atoms with Crippen LogP contribution < -0.4 is 4.73 Å². The molecule has 0 aliphatic carbocycles. The van der Waals surface area contributed by atoms with E-state index in [0.717, 1.165) is 10.3 Å². The molecule has 0 saturated heterocycles. The molecular formula is C16H16ClFN2O3. The molecule has 2 aromatic rings. The normalized spacial score (nSPS) is 12.1. The molecule has 5 nitrogen and oxygen atoms in total. The predicted molar refractivity (Wildman–Crippen MR) is 86.3 cm³/mol. The zero-order chi connectivity index (χ0) is 17.0. The van der Waals surface area contributed by atoms with Crippen LogP contribution in [-0.4, -0.2) is 35.4 Å². The highest BCUT2D eigenvalue weighted by molar-refractivity contribution is 6.31. The standard InChI is InChI=1S/C16H16ClFN2O3/c1-2-5-19(16(21)22)10-14(18)7-12-9-20(23)8-11-6-13(17)3-4-15(11)12/h2-4,6,8-9,14H,1,5,7,10H2,(H,21,22). The summed E-state index contributed by atoms with van der Waals surface area (Å²) < 4.78 is 14.9. The van der Waals surface area contributed by atoms with E-state index in [9.17, 15) is 14.4 Å². The highest BCUT2D eigenvalue weighted by atomic mass is 35.5. The van der Waals surface area contributed by atoms with E-state index in [0.29, 0.717) is 20.7 Å². The lowest BCUT2D eigenvalue weighted by Crippen LogP contribution is -2.36. The van der Waals surface area contributed by atoms with E-state index < -0.39 is 12.3 Å². The Balaban J connectivity index is 2.23. The Kier molecular flexibility index (Phi) is 5.39. The van der Waals surface area contributed by atoms with Crippen LogP contribution in [0.3, 0.4) is 0 Å². The van der Waals surface area contributed by atoms with Gasteiger partial charge in [0, 0.05) is 28.9 Å². The van der Waals surface area contributed by atoms with Crippen LogP contribution in [0, 0.1) is 5.21 Å². The molecule has 122 valence electrons. The van der Waals surface area contributed by atoms with E-state index in [1.165, 1.54) is 18.5 Å². The minimum atomic E-state index is -1.44. The average Bonchev–Trinajstić information content (AvgIpc) is 2.45. The lowest BCUT2D eigenvalue weighted by molar-refractivity contribution is -0.604. The SMILES string of the molecule is C=CCN(CC(F)Cc1c[n+]([O-])cc2cc(Cl)ccc12)C(=O)O. The van der Waals surface area contributed by atoms with Gasteiger partial charge < -0.3 is 15.2 Å². The van der Waals surface area contributed by atoms with E-state index >= 15 is 0 Å². The number of nitrogens with zero attached hydrogens (tertiary/aromatic N) is 2. The minimum absolute atomic E-state index is 0.0441. The zero-order valence-corrected chi connectivity index (χ0v) is 13.0. The third-order valence-corrected chi connectivity index (χ3v) is 3.62. The molecule has 0 aliphatic rings. The number of benzene rings is 1. The Labute approximate surface area is 137 Å². The van der Waals surface area contributed by atoms with Crippen molar-refractivity contribution in [2.45, 2.75) is 12.6 Å². The largest absolute Gasteiger partial charge is 0.619 e. The lowest BCUT2D eigenvalue weighted by atomic mass is 10.0. The predicted octanol–water partition coefficient (Wildman–Crippen LogP) is 3.17. The first kappa shape index (κ1) is 17.0. The van der Waals surface area contributed by atoms with Crippen molar-refractivity contribution in [2.24, 2.45) is 0 Å². The second kappa shape index (κ2) is 7.28. The van der Waals surface area contributed by atoms with Gasteiger partial charge >= 0.3 is 6.09 Å². The highest BCUT2D eigenvalue weighted by Crippen LogP contribution is 2.22. The van der Waals surface area contributed by atoms with Gasteiger partial charge in [0.25, 0.3) is 0 Å². The number of carboxylic acid groups (broad SMARTS) is 1. The molecule has 2 rings (SSSR count). The summed E-state index contributed by atoms with van der Waals surface area (Å²) in [6.45, 7) is 3.21. The summed E-state index contributed by atoms with van der Waals surface area (Å²) in [4.78, 5) is 12.0. The summed E-state index contributed by atoms with van der Waals surface area (Å²) in [6, 6.07) is 5.01. The van der Waals surface area contributed by atoms with Gasteiger partial charge in [0.1, 0.15) is 6.17 Å². The maximum atomic E-state index is 14.3. The molecular weight excluding hydrogens is 323 g/mol. The second-order valence-corrected chi connectivity index (χ2v) is 5.59. The molecule has 1 aromatic heterocycles. The number of fused-ring (bicyclic) bond motifs is 1. The summed E-state index contributed by atoms with van der Waals surface area (Å²) in [5.74, 6) is 0. The highest BCUT2D eigenvalue weighted by Gasteiger charge is 2.19. The molecule has 1 atom stereocenters. The van der Waals surface area contributed by atoms with Crippen LogP contribution in [0.1, 0.15) is 5.56 Å². The molecule has 7 heteroatoms. The Bertz CT molecular complexity index is 733. The summed E-state index contributed by atoms with van der Waals surface area (Å²) in [5, 5.41) is 22.5. The smallest absolute Gasteiger partial charge is 0.407 e. The second-order valence-electron chi connectivity index (χ2n) is 5.15. The first-order valence-corrected chi connectivity index (χ1v) is 7.32. The van der Waals surface area contributed by atoms with Crippen molar-refractivity contribution in [3.63, 3.8) is 0 Å².